The fourth-order valence-electron chi connectivity index (χ4n) is 2.77. The molecule has 4 aromatic rings. The highest BCUT2D eigenvalue weighted by atomic mass is 35.5. The normalized spacial score (nSPS) is 11.1. The fraction of sp³-hybridized carbons (Fsp3) is 0.0556. The van der Waals surface area contributed by atoms with Crippen molar-refractivity contribution in [1.82, 2.24) is 14.0 Å². The number of benzene rings is 1. The molecule has 0 radical (unpaired) electrons. The number of hydrogen-bond donors (Lipinski definition) is 1. The molecule has 0 aliphatic heterocycles. The average Bonchev–Trinajstić information content (AvgIpc) is 2.95. The van der Waals surface area contributed by atoms with E-state index >= 15 is 0 Å². The maximum absolute atomic E-state index is 12.6. The summed E-state index contributed by atoms with van der Waals surface area (Å²) in [5.74, 6) is -0.323. The van der Waals surface area contributed by atoms with Crippen LogP contribution in [0.5, 0.6) is 0 Å². The standard InChI is InChI=1S/C18H13ClN4O2/c1-22-14(17(24)20-12-7-5-11(19)6-8-12)10-13-16(22)21-15-4-2-3-9-23(15)18(13)25/h2-10H,1H3,(H,20,24). The second-order valence-corrected chi connectivity index (χ2v) is 6.07. The molecular weight excluding hydrogens is 340 g/mol. The van der Waals surface area contributed by atoms with Gasteiger partial charge in [-0.05, 0) is 42.5 Å². The van der Waals surface area contributed by atoms with Gasteiger partial charge in [-0.2, -0.15) is 0 Å². The van der Waals surface area contributed by atoms with E-state index in [1.807, 2.05) is 6.07 Å². The largest absolute Gasteiger partial charge is 0.324 e. The molecular formula is C18H13ClN4O2. The number of rotatable bonds is 2. The van der Waals surface area contributed by atoms with Crippen LogP contribution in [0, 0.1) is 0 Å². The van der Waals surface area contributed by atoms with Crippen LogP contribution >= 0.6 is 11.6 Å². The minimum absolute atomic E-state index is 0.207. The van der Waals surface area contributed by atoms with Crippen LogP contribution in [-0.4, -0.2) is 19.9 Å². The summed E-state index contributed by atoms with van der Waals surface area (Å²) in [6.45, 7) is 0. The van der Waals surface area contributed by atoms with Crippen molar-refractivity contribution >= 4 is 39.9 Å². The van der Waals surface area contributed by atoms with Crippen LogP contribution in [-0.2, 0) is 7.05 Å². The Morgan fingerprint density at radius 3 is 2.68 bits per heavy atom. The van der Waals surface area contributed by atoms with Crippen molar-refractivity contribution in [1.29, 1.82) is 0 Å². The van der Waals surface area contributed by atoms with Crippen molar-refractivity contribution in [2.75, 3.05) is 5.32 Å². The molecule has 1 N–H and O–H groups in total. The number of nitrogens with one attached hydrogen (secondary N) is 1. The van der Waals surface area contributed by atoms with Gasteiger partial charge in [-0.25, -0.2) is 4.98 Å². The number of anilines is 1. The molecule has 3 heterocycles. The lowest BCUT2D eigenvalue weighted by molar-refractivity contribution is 0.101. The fourth-order valence-corrected chi connectivity index (χ4v) is 2.89. The van der Waals surface area contributed by atoms with Gasteiger partial charge in [0.1, 0.15) is 17.0 Å². The monoisotopic (exact) mass is 352 g/mol. The van der Waals surface area contributed by atoms with E-state index in [9.17, 15) is 9.59 Å². The quantitative estimate of drug-likeness (QED) is 0.602. The van der Waals surface area contributed by atoms with Crippen molar-refractivity contribution in [2.45, 2.75) is 0 Å². The van der Waals surface area contributed by atoms with Gasteiger partial charge < -0.3 is 9.88 Å². The van der Waals surface area contributed by atoms with Gasteiger partial charge in [-0.3, -0.25) is 14.0 Å². The summed E-state index contributed by atoms with van der Waals surface area (Å²) < 4.78 is 3.08. The molecule has 4 rings (SSSR count). The minimum Gasteiger partial charge on any atom is -0.324 e. The van der Waals surface area contributed by atoms with Crippen molar-refractivity contribution in [3.05, 3.63) is 75.8 Å². The number of fused-ring (bicyclic) bond motifs is 2. The number of aryl methyl sites for hydroxylation is 1. The van der Waals surface area contributed by atoms with E-state index in [1.165, 1.54) is 4.40 Å². The Morgan fingerprint density at radius 2 is 1.92 bits per heavy atom. The Labute approximate surface area is 147 Å². The number of aromatic nitrogens is 3. The second kappa shape index (κ2) is 5.75. The summed E-state index contributed by atoms with van der Waals surface area (Å²) in [5.41, 5.74) is 1.77. The van der Waals surface area contributed by atoms with Crippen LogP contribution in [0.15, 0.2) is 59.5 Å². The van der Waals surface area contributed by atoms with Gasteiger partial charge in [-0.1, -0.05) is 17.7 Å². The summed E-state index contributed by atoms with van der Waals surface area (Å²) in [6.07, 6.45) is 1.66. The van der Waals surface area contributed by atoms with E-state index in [-0.39, 0.29) is 11.5 Å². The molecule has 0 saturated carbocycles. The molecule has 6 nitrogen and oxygen atoms in total. The highest BCUT2D eigenvalue weighted by Crippen LogP contribution is 2.18. The van der Waals surface area contributed by atoms with E-state index in [2.05, 4.69) is 10.3 Å². The molecule has 3 aromatic heterocycles. The predicted octanol–water partition coefficient (Wildman–Crippen LogP) is 3.09. The highest BCUT2D eigenvalue weighted by Gasteiger charge is 2.17. The first-order valence-corrected chi connectivity index (χ1v) is 7.96. The van der Waals surface area contributed by atoms with E-state index in [0.29, 0.717) is 33.1 Å². The molecule has 0 unspecified atom stereocenters. The van der Waals surface area contributed by atoms with E-state index in [1.54, 1.807) is 60.3 Å². The minimum atomic E-state index is -0.323. The van der Waals surface area contributed by atoms with Crippen molar-refractivity contribution in [2.24, 2.45) is 7.05 Å². The number of pyridine rings is 1. The molecule has 0 aliphatic carbocycles. The Balaban J connectivity index is 1.82. The SMILES string of the molecule is Cn1c(C(=O)Nc2ccc(Cl)cc2)cc2c(=O)n3ccccc3nc21. The topological polar surface area (TPSA) is 68.4 Å². The lowest BCUT2D eigenvalue weighted by atomic mass is 10.3. The Bertz CT molecular complexity index is 1180. The zero-order valence-corrected chi connectivity index (χ0v) is 14.0. The number of hydrogen-bond acceptors (Lipinski definition) is 3. The van der Waals surface area contributed by atoms with Gasteiger partial charge in [0.05, 0.1) is 5.39 Å². The van der Waals surface area contributed by atoms with Crippen LogP contribution in [0.4, 0.5) is 5.69 Å². The zero-order chi connectivity index (χ0) is 17.6. The van der Waals surface area contributed by atoms with Crippen LogP contribution in [0.2, 0.25) is 5.02 Å². The number of carbonyl (C=O) groups is 1. The molecule has 0 saturated heterocycles. The maximum atomic E-state index is 12.6. The molecule has 25 heavy (non-hydrogen) atoms. The van der Waals surface area contributed by atoms with Crippen molar-refractivity contribution in [3.63, 3.8) is 0 Å². The van der Waals surface area contributed by atoms with Crippen molar-refractivity contribution < 1.29 is 4.79 Å². The lowest BCUT2D eigenvalue weighted by Crippen LogP contribution is -2.16. The molecule has 0 aliphatic rings. The van der Waals surface area contributed by atoms with Gasteiger partial charge in [0.25, 0.3) is 11.5 Å². The first kappa shape index (κ1) is 15.4. The van der Waals surface area contributed by atoms with Crippen molar-refractivity contribution in [3.8, 4) is 0 Å². The van der Waals surface area contributed by atoms with E-state index < -0.39 is 0 Å². The van der Waals surface area contributed by atoms with Gasteiger partial charge in [0.2, 0.25) is 0 Å². The summed E-state index contributed by atoms with van der Waals surface area (Å²) in [6, 6.07) is 13.7. The van der Waals surface area contributed by atoms with Crippen LogP contribution < -0.4 is 10.9 Å². The lowest BCUT2D eigenvalue weighted by Gasteiger charge is -2.06. The molecule has 0 atom stereocenters. The Hall–Kier alpha value is -3.12. The number of nitrogens with zero attached hydrogens (tertiary/aromatic N) is 3. The molecule has 0 spiro atoms. The average molecular weight is 353 g/mol. The molecule has 1 aromatic carbocycles. The van der Waals surface area contributed by atoms with Gasteiger partial charge in [-0.15, -0.1) is 0 Å². The third-order valence-corrected chi connectivity index (χ3v) is 4.30. The molecule has 0 bridgehead atoms. The number of carbonyl (C=O) groups excluding carboxylic acids is 1. The zero-order valence-electron chi connectivity index (χ0n) is 13.2. The Kier molecular flexibility index (Phi) is 3.54. The van der Waals surface area contributed by atoms with Gasteiger partial charge >= 0.3 is 0 Å². The van der Waals surface area contributed by atoms with Gasteiger partial charge in [0, 0.05) is 24.0 Å². The number of halogens is 1. The smallest absolute Gasteiger partial charge is 0.272 e. The third kappa shape index (κ3) is 2.56. The first-order chi connectivity index (χ1) is 12.0. The molecule has 124 valence electrons. The molecule has 7 heteroatoms. The summed E-state index contributed by atoms with van der Waals surface area (Å²) in [5, 5.41) is 3.78. The van der Waals surface area contributed by atoms with E-state index in [4.69, 9.17) is 11.6 Å². The Morgan fingerprint density at radius 1 is 1.16 bits per heavy atom. The predicted molar refractivity (Wildman–Crippen MR) is 97.3 cm³/mol. The van der Waals surface area contributed by atoms with Crippen LogP contribution in [0.25, 0.3) is 16.7 Å². The van der Waals surface area contributed by atoms with Crippen LogP contribution in [0.1, 0.15) is 10.5 Å². The third-order valence-electron chi connectivity index (χ3n) is 4.04. The molecule has 0 fully saturated rings. The van der Waals surface area contributed by atoms with E-state index in [0.717, 1.165) is 0 Å². The number of amides is 1. The van der Waals surface area contributed by atoms with Crippen LogP contribution in [0.3, 0.4) is 0 Å². The van der Waals surface area contributed by atoms with Gasteiger partial charge in [0.15, 0.2) is 0 Å². The first-order valence-electron chi connectivity index (χ1n) is 7.58. The highest BCUT2D eigenvalue weighted by molar-refractivity contribution is 6.30. The maximum Gasteiger partial charge on any atom is 0.272 e. The summed E-state index contributed by atoms with van der Waals surface area (Å²) in [4.78, 5) is 29.7. The summed E-state index contributed by atoms with van der Waals surface area (Å²) in [7, 11) is 1.71. The molecule has 1 amide bonds. The summed E-state index contributed by atoms with van der Waals surface area (Å²) >= 11 is 5.85. The second-order valence-electron chi connectivity index (χ2n) is 5.63.